The molecule has 2 N–H and O–H groups in total. The fourth-order valence-corrected chi connectivity index (χ4v) is 2.56. The van der Waals surface area contributed by atoms with E-state index in [0.717, 1.165) is 0 Å². The quantitative estimate of drug-likeness (QED) is 0.469. The number of hydrogen-bond donors (Lipinski definition) is 2. The van der Waals surface area contributed by atoms with Crippen molar-refractivity contribution >= 4 is 29.3 Å². The summed E-state index contributed by atoms with van der Waals surface area (Å²) in [5.74, 6) is -0.839. The van der Waals surface area contributed by atoms with Gasteiger partial charge in [0.05, 0.1) is 24.3 Å². The van der Waals surface area contributed by atoms with Crippen LogP contribution in [0, 0.1) is 10.1 Å². The first-order valence-electron chi connectivity index (χ1n) is 6.80. The molecule has 0 spiro atoms. The molecule has 132 valence electrons. The number of hydrogen-bond acceptors (Lipinski definition) is 7. The first kappa shape index (κ1) is 19.7. The van der Waals surface area contributed by atoms with Crippen LogP contribution in [0.15, 0.2) is 18.2 Å². The summed E-state index contributed by atoms with van der Waals surface area (Å²) in [6.07, 6.45) is -1.09. The van der Waals surface area contributed by atoms with E-state index in [4.69, 9.17) is 14.6 Å². The number of nitrogens with zero attached hydrogens (tertiary/aromatic N) is 1. The summed E-state index contributed by atoms with van der Waals surface area (Å²) in [4.78, 5) is 32.8. The zero-order chi connectivity index (χ0) is 18.1. The SMILES string of the molecule is COc1ccc(CSCC(=O)NCC(OC)C(=O)O)cc1[N+](=O)[O-]. The van der Waals surface area contributed by atoms with E-state index < -0.39 is 17.0 Å². The van der Waals surface area contributed by atoms with Gasteiger partial charge in [0.2, 0.25) is 5.91 Å². The average molecular weight is 358 g/mol. The van der Waals surface area contributed by atoms with E-state index in [9.17, 15) is 19.7 Å². The number of thioether (sulfide) groups is 1. The van der Waals surface area contributed by atoms with Crippen molar-refractivity contribution in [1.29, 1.82) is 0 Å². The Morgan fingerprint density at radius 1 is 1.42 bits per heavy atom. The molecule has 1 aromatic rings. The first-order chi connectivity index (χ1) is 11.4. The summed E-state index contributed by atoms with van der Waals surface area (Å²) >= 11 is 1.25. The Balaban J connectivity index is 2.47. The molecular formula is C14H18N2O7S. The predicted octanol–water partition coefficient (Wildman–Crippen LogP) is 1.05. The number of methoxy groups -OCH3 is 2. The van der Waals surface area contributed by atoms with Gasteiger partial charge in [0, 0.05) is 18.9 Å². The van der Waals surface area contributed by atoms with Crippen LogP contribution in [0.5, 0.6) is 5.75 Å². The highest BCUT2D eigenvalue weighted by Gasteiger charge is 2.17. The molecule has 1 atom stereocenters. The lowest BCUT2D eigenvalue weighted by Gasteiger charge is -2.11. The number of aliphatic carboxylic acids is 1. The number of carbonyl (C=O) groups excluding carboxylic acids is 1. The number of nitro benzene ring substituents is 1. The maximum Gasteiger partial charge on any atom is 0.334 e. The van der Waals surface area contributed by atoms with E-state index in [1.165, 1.54) is 38.1 Å². The van der Waals surface area contributed by atoms with Gasteiger partial charge in [0.15, 0.2) is 11.9 Å². The molecule has 0 saturated carbocycles. The standard InChI is InChI=1S/C14H18N2O7S/c1-22-11-4-3-9(5-10(11)16(20)21)7-24-8-13(17)15-6-12(23-2)14(18)19/h3-5,12H,6-8H2,1-2H3,(H,15,17)(H,18,19). The number of rotatable bonds is 10. The Kier molecular flexibility index (Phi) is 7.99. The molecule has 0 aliphatic carbocycles. The Morgan fingerprint density at radius 2 is 2.12 bits per heavy atom. The second-order valence-electron chi connectivity index (χ2n) is 4.62. The predicted molar refractivity (Wildman–Crippen MR) is 87.3 cm³/mol. The Labute approximate surface area is 142 Å². The molecule has 1 unspecified atom stereocenters. The van der Waals surface area contributed by atoms with E-state index in [1.54, 1.807) is 6.07 Å². The Bertz CT molecular complexity index is 609. The van der Waals surface area contributed by atoms with Crippen molar-refractivity contribution < 1.29 is 29.1 Å². The first-order valence-corrected chi connectivity index (χ1v) is 7.95. The summed E-state index contributed by atoms with van der Waals surface area (Å²) < 4.78 is 9.61. The van der Waals surface area contributed by atoms with Crippen molar-refractivity contribution in [3.63, 3.8) is 0 Å². The van der Waals surface area contributed by atoms with Gasteiger partial charge in [-0.1, -0.05) is 6.07 Å². The van der Waals surface area contributed by atoms with Gasteiger partial charge in [0.1, 0.15) is 0 Å². The van der Waals surface area contributed by atoms with Gasteiger partial charge in [-0.25, -0.2) is 4.79 Å². The molecule has 1 amide bonds. The highest BCUT2D eigenvalue weighted by molar-refractivity contribution is 7.99. The van der Waals surface area contributed by atoms with Gasteiger partial charge in [-0.2, -0.15) is 0 Å². The number of carbonyl (C=O) groups is 2. The smallest absolute Gasteiger partial charge is 0.334 e. The highest BCUT2D eigenvalue weighted by atomic mass is 32.2. The zero-order valence-corrected chi connectivity index (χ0v) is 14.0. The summed E-state index contributed by atoms with van der Waals surface area (Å²) in [5, 5.41) is 22.2. The van der Waals surface area contributed by atoms with Gasteiger partial charge in [-0.3, -0.25) is 14.9 Å². The molecule has 0 radical (unpaired) electrons. The van der Waals surface area contributed by atoms with E-state index in [0.29, 0.717) is 11.3 Å². The van der Waals surface area contributed by atoms with E-state index in [1.807, 2.05) is 0 Å². The summed E-state index contributed by atoms with van der Waals surface area (Å²) in [6, 6.07) is 4.58. The number of ether oxygens (including phenoxy) is 2. The van der Waals surface area contributed by atoms with Crippen molar-refractivity contribution in [2.24, 2.45) is 0 Å². The molecule has 0 aromatic heterocycles. The highest BCUT2D eigenvalue weighted by Crippen LogP contribution is 2.28. The third-order valence-electron chi connectivity index (χ3n) is 2.99. The monoisotopic (exact) mass is 358 g/mol. The van der Waals surface area contributed by atoms with Gasteiger partial charge in [0.25, 0.3) is 0 Å². The number of carboxylic acids is 1. The van der Waals surface area contributed by atoms with Crippen molar-refractivity contribution in [1.82, 2.24) is 5.32 Å². The van der Waals surface area contributed by atoms with Crippen LogP contribution in [-0.4, -0.2) is 54.5 Å². The molecular weight excluding hydrogens is 340 g/mol. The number of amides is 1. The minimum atomic E-state index is -1.16. The van der Waals surface area contributed by atoms with E-state index >= 15 is 0 Å². The number of carboxylic acid groups (broad SMARTS) is 1. The maximum atomic E-state index is 11.6. The lowest BCUT2D eigenvalue weighted by molar-refractivity contribution is -0.385. The minimum Gasteiger partial charge on any atom is -0.490 e. The van der Waals surface area contributed by atoms with E-state index in [-0.39, 0.29) is 29.6 Å². The lowest BCUT2D eigenvalue weighted by Crippen LogP contribution is -2.38. The van der Waals surface area contributed by atoms with Crippen molar-refractivity contribution in [2.45, 2.75) is 11.9 Å². The van der Waals surface area contributed by atoms with Gasteiger partial charge < -0.3 is 19.9 Å². The third kappa shape index (κ3) is 6.05. The van der Waals surface area contributed by atoms with Crippen LogP contribution in [0.4, 0.5) is 5.69 Å². The summed E-state index contributed by atoms with van der Waals surface area (Å²) in [6.45, 7) is -0.126. The Morgan fingerprint density at radius 3 is 2.67 bits per heavy atom. The van der Waals surface area contributed by atoms with E-state index in [2.05, 4.69) is 5.32 Å². The second-order valence-corrected chi connectivity index (χ2v) is 5.61. The van der Waals surface area contributed by atoms with Crippen LogP contribution in [0.2, 0.25) is 0 Å². The van der Waals surface area contributed by atoms with Crippen LogP contribution in [0.3, 0.4) is 0 Å². The molecule has 10 heteroatoms. The molecule has 0 bridgehead atoms. The number of nitro groups is 1. The molecule has 0 heterocycles. The molecule has 0 saturated heterocycles. The molecule has 0 aliphatic heterocycles. The van der Waals surface area contributed by atoms with Gasteiger partial charge in [-0.15, -0.1) is 11.8 Å². The van der Waals surface area contributed by atoms with Crippen LogP contribution >= 0.6 is 11.8 Å². The third-order valence-corrected chi connectivity index (χ3v) is 3.99. The average Bonchev–Trinajstić information content (AvgIpc) is 2.54. The summed E-state index contributed by atoms with van der Waals surface area (Å²) in [7, 11) is 2.60. The molecule has 9 nitrogen and oxygen atoms in total. The van der Waals surface area contributed by atoms with Crippen LogP contribution in [0.1, 0.15) is 5.56 Å². The molecule has 1 rings (SSSR count). The molecule has 1 aromatic carbocycles. The van der Waals surface area contributed by atoms with Crippen LogP contribution in [-0.2, 0) is 20.1 Å². The fourth-order valence-electron chi connectivity index (χ4n) is 1.76. The zero-order valence-electron chi connectivity index (χ0n) is 13.2. The lowest BCUT2D eigenvalue weighted by atomic mass is 10.2. The van der Waals surface area contributed by atoms with Crippen LogP contribution in [0.25, 0.3) is 0 Å². The maximum absolute atomic E-state index is 11.6. The van der Waals surface area contributed by atoms with Crippen molar-refractivity contribution in [2.75, 3.05) is 26.5 Å². The largest absolute Gasteiger partial charge is 0.490 e. The van der Waals surface area contributed by atoms with Crippen molar-refractivity contribution in [3.05, 3.63) is 33.9 Å². The van der Waals surface area contributed by atoms with Crippen molar-refractivity contribution in [3.8, 4) is 5.75 Å². The molecule has 0 aliphatic rings. The molecule has 24 heavy (non-hydrogen) atoms. The van der Waals surface area contributed by atoms with Gasteiger partial charge in [-0.05, 0) is 11.6 Å². The van der Waals surface area contributed by atoms with Gasteiger partial charge >= 0.3 is 11.7 Å². The van der Waals surface area contributed by atoms with Crippen LogP contribution < -0.4 is 10.1 Å². The molecule has 0 fully saturated rings. The number of benzene rings is 1. The topological polar surface area (TPSA) is 128 Å². The minimum absolute atomic E-state index is 0.0931. The second kappa shape index (κ2) is 9.73. The number of nitrogens with one attached hydrogen (secondary N) is 1. The Hall–Kier alpha value is -2.33. The normalized spacial score (nSPS) is 11.6. The summed E-state index contributed by atoms with van der Waals surface area (Å²) in [5.41, 5.74) is 0.546. The fraction of sp³-hybridized carbons (Fsp3) is 0.429.